The lowest BCUT2D eigenvalue weighted by atomic mass is 9.77. The molecule has 0 fully saturated rings. The van der Waals surface area contributed by atoms with Crippen LogP contribution in [0.15, 0.2) is 134 Å². The van der Waals surface area contributed by atoms with Crippen molar-refractivity contribution in [2.45, 2.75) is 51.6 Å². The third-order valence-corrected chi connectivity index (χ3v) is 11.6. The van der Waals surface area contributed by atoms with Gasteiger partial charge in [-0.05, 0) is 98.5 Å². The molecule has 320 valence electrons. The number of nitro groups is 2. The number of hydrogen-bond donors (Lipinski definition) is 0. The van der Waals surface area contributed by atoms with Crippen LogP contribution in [0.3, 0.4) is 0 Å². The summed E-state index contributed by atoms with van der Waals surface area (Å²) in [4.78, 5) is 58.1. The first-order valence-corrected chi connectivity index (χ1v) is 21.1. The molecule has 0 saturated carbocycles. The lowest BCUT2D eigenvalue weighted by molar-refractivity contribution is -0.385. The molecule has 2 unspecified atom stereocenters. The van der Waals surface area contributed by atoms with E-state index in [9.17, 15) is 20.2 Å². The van der Waals surface area contributed by atoms with Gasteiger partial charge in [0.05, 0.1) is 9.85 Å². The van der Waals surface area contributed by atoms with E-state index in [0.717, 1.165) is 0 Å². The highest BCUT2D eigenvalue weighted by atomic mass is 35.5. The Kier molecular flexibility index (Phi) is 12.7. The van der Waals surface area contributed by atoms with E-state index in [2.05, 4.69) is 20.2 Å². The van der Waals surface area contributed by atoms with Crippen LogP contribution in [0, 0.1) is 20.2 Å². The van der Waals surface area contributed by atoms with Crippen molar-refractivity contribution in [3.63, 3.8) is 0 Å². The zero-order valence-corrected chi connectivity index (χ0v) is 36.0. The monoisotopic (exact) mass is 892 g/mol. The quantitative estimate of drug-likeness (QED) is 0.0662. The first-order chi connectivity index (χ1) is 31.0. The van der Waals surface area contributed by atoms with Crippen LogP contribution in [0.25, 0.3) is 45.6 Å². The number of rotatable bonds is 16. The van der Waals surface area contributed by atoms with Crippen molar-refractivity contribution >= 4 is 40.4 Å². The van der Waals surface area contributed by atoms with Crippen LogP contribution in [0.2, 0.25) is 10.0 Å². The second-order valence-corrected chi connectivity index (χ2v) is 15.6. The highest BCUT2D eigenvalue weighted by molar-refractivity contribution is 6.32. The Morgan fingerprint density at radius 1 is 0.594 bits per heavy atom. The molecule has 2 atom stereocenters. The molecule has 0 radical (unpaired) electrons. The van der Waals surface area contributed by atoms with Crippen molar-refractivity contribution in [2.24, 2.45) is 0 Å². The Labute approximate surface area is 376 Å². The van der Waals surface area contributed by atoms with E-state index in [-0.39, 0.29) is 45.4 Å². The van der Waals surface area contributed by atoms with Gasteiger partial charge in [0.25, 0.3) is 11.4 Å². The average molecular weight is 894 g/mol. The summed E-state index contributed by atoms with van der Waals surface area (Å²) in [5.41, 5.74) is 3.36. The molecular weight excluding hydrogens is 855 g/mol. The third-order valence-electron chi connectivity index (χ3n) is 10.9. The summed E-state index contributed by atoms with van der Waals surface area (Å²) in [6, 6.07) is 30.2. The molecule has 4 aromatic carbocycles. The Morgan fingerprint density at radius 2 is 1.02 bits per heavy atom. The summed E-state index contributed by atoms with van der Waals surface area (Å²) in [6.45, 7) is 4.72. The van der Waals surface area contributed by atoms with E-state index in [1.807, 2.05) is 26.0 Å². The number of hydrogen-bond acceptors (Lipinski definition) is 11. The van der Waals surface area contributed by atoms with Gasteiger partial charge in [-0.2, -0.15) is 10.2 Å². The van der Waals surface area contributed by atoms with Crippen LogP contribution in [0.4, 0.5) is 11.4 Å². The number of carbonyl (C=O) groups is 1. The summed E-state index contributed by atoms with van der Waals surface area (Å²) < 4.78 is 3.39. The van der Waals surface area contributed by atoms with E-state index in [4.69, 9.17) is 33.2 Å². The van der Waals surface area contributed by atoms with Crippen molar-refractivity contribution in [1.29, 1.82) is 0 Å². The number of carbonyl (C=O) groups excluding carboxylic acids is 1. The molecular formula is C47H38Cl2N10O5. The van der Waals surface area contributed by atoms with Crippen LogP contribution >= 0.6 is 23.2 Å². The summed E-state index contributed by atoms with van der Waals surface area (Å²) in [5.74, 6) is -0.807. The molecule has 0 aliphatic rings. The number of nitrogens with zero attached hydrogens (tertiary/aromatic N) is 10. The van der Waals surface area contributed by atoms with Crippen molar-refractivity contribution in [1.82, 2.24) is 39.5 Å². The Bertz CT molecular complexity index is 2810. The number of ketones is 1. The smallest absolute Gasteiger partial charge is 0.272 e. The molecule has 0 aliphatic carbocycles. The Morgan fingerprint density at radius 3 is 1.38 bits per heavy atom. The van der Waals surface area contributed by atoms with Crippen LogP contribution < -0.4 is 0 Å². The maximum atomic E-state index is 15.6. The third kappa shape index (κ3) is 8.89. The fourth-order valence-electron chi connectivity index (χ4n) is 7.85. The normalized spacial score (nSPS) is 12.2. The number of nitro benzene ring substituents is 2. The van der Waals surface area contributed by atoms with E-state index >= 15 is 4.79 Å². The predicted molar refractivity (Wildman–Crippen MR) is 243 cm³/mol. The molecule has 8 aromatic rings. The minimum atomic E-state index is -1.09. The number of halogens is 2. The maximum Gasteiger partial charge on any atom is 0.272 e. The van der Waals surface area contributed by atoms with Gasteiger partial charge >= 0.3 is 0 Å². The zero-order valence-electron chi connectivity index (χ0n) is 34.5. The second kappa shape index (κ2) is 18.9. The largest absolute Gasteiger partial charge is 0.298 e. The van der Waals surface area contributed by atoms with Crippen LogP contribution in [0.5, 0.6) is 0 Å². The molecule has 8 rings (SSSR count). The van der Waals surface area contributed by atoms with Crippen LogP contribution in [-0.4, -0.2) is 55.1 Å². The molecule has 15 nitrogen and oxygen atoms in total. The molecule has 0 saturated heterocycles. The molecule has 64 heavy (non-hydrogen) atoms. The van der Waals surface area contributed by atoms with E-state index in [0.29, 0.717) is 69.8 Å². The van der Waals surface area contributed by atoms with Crippen LogP contribution in [-0.2, 0) is 30.7 Å². The van der Waals surface area contributed by atoms with Gasteiger partial charge < -0.3 is 0 Å². The average Bonchev–Trinajstić information content (AvgIpc) is 3.96. The molecule has 0 amide bonds. The summed E-state index contributed by atoms with van der Waals surface area (Å²) in [5, 5.41) is 35.3. The van der Waals surface area contributed by atoms with Gasteiger partial charge in [0, 0.05) is 105 Å². The van der Waals surface area contributed by atoms with E-state index in [1.54, 1.807) is 119 Å². The van der Waals surface area contributed by atoms with Crippen molar-refractivity contribution in [3.05, 3.63) is 187 Å². The predicted octanol–water partition coefficient (Wildman–Crippen LogP) is 10.4. The van der Waals surface area contributed by atoms with Gasteiger partial charge in [-0.25, -0.2) is 19.3 Å². The topological polar surface area (TPSA) is 191 Å². The van der Waals surface area contributed by atoms with E-state index < -0.39 is 27.5 Å². The first-order valence-electron chi connectivity index (χ1n) is 20.3. The molecule has 4 aromatic heterocycles. The molecule has 0 spiro atoms. The highest BCUT2D eigenvalue weighted by Gasteiger charge is 2.35. The van der Waals surface area contributed by atoms with Gasteiger partial charge in [0.1, 0.15) is 5.78 Å². The van der Waals surface area contributed by atoms with Crippen molar-refractivity contribution < 1.29 is 14.6 Å². The number of benzene rings is 4. The SMILES string of the molecule is CCn1nc(-c2cccnc2)nc1-c1ccc([N+](=O)[O-])c(CC(C(=O)C(Cc2cc(-c3nc(-c4cccnc4)nn3CC)ccc2[N+](=O)[O-])c2ccccc2Cl)c2ccccc2Cl)c1. The maximum absolute atomic E-state index is 15.6. The molecule has 0 aliphatic heterocycles. The standard InChI is InChI=1S/C47H38Cl2N10O5/c1-3-56-46(52-44(54-56)31-11-9-21-50-27-31)29-17-19-41(58(61)62)33(23-29)25-37(35-13-5-7-15-39(35)48)43(60)38(36-14-6-8-16-40(36)49)26-34-24-30(18-20-42(34)59(63)64)47-53-45(55-57(47)4-2)32-12-10-22-51-28-32/h5-24,27-28,37-38H,3-4,25-26H2,1-2H3. The molecule has 4 heterocycles. The highest BCUT2D eigenvalue weighted by Crippen LogP contribution is 2.41. The minimum Gasteiger partial charge on any atom is -0.298 e. The second-order valence-electron chi connectivity index (χ2n) is 14.8. The lowest BCUT2D eigenvalue weighted by Gasteiger charge is -2.25. The number of aromatic nitrogens is 8. The van der Waals surface area contributed by atoms with Gasteiger partial charge in [0.2, 0.25) is 0 Å². The molecule has 0 bridgehead atoms. The van der Waals surface area contributed by atoms with Crippen molar-refractivity contribution in [2.75, 3.05) is 0 Å². The Balaban J connectivity index is 1.25. The number of Topliss-reactive ketones (excluding diaryl/α,β-unsaturated/α-hetero) is 1. The Hall–Kier alpha value is -7.49. The number of pyridine rings is 2. The minimum absolute atomic E-state index is 0.164. The summed E-state index contributed by atoms with van der Waals surface area (Å²) in [6.07, 6.45) is 6.27. The zero-order chi connectivity index (χ0) is 44.9. The number of aryl methyl sites for hydroxylation is 2. The fraction of sp³-hybridized carbons (Fsp3) is 0.170. The van der Waals surface area contributed by atoms with Gasteiger partial charge in [-0.15, -0.1) is 0 Å². The van der Waals surface area contributed by atoms with Gasteiger partial charge in [0.15, 0.2) is 23.3 Å². The van der Waals surface area contributed by atoms with Crippen molar-refractivity contribution in [3.8, 4) is 45.6 Å². The van der Waals surface area contributed by atoms with Gasteiger partial charge in [-0.1, -0.05) is 59.6 Å². The molecule has 17 heteroatoms. The molecule has 0 N–H and O–H groups in total. The van der Waals surface area contributed by atoms with Gasteiger partial charge in [-0.3, -0.25) is 35.0 Å². The lowest BCUT2D eigenvalue weighted by Crippen LogP contribution is -2.25. The first kappa shape index (κ1) is 43.2. The summed E-state index contributed by atoms with van der Waals surface area (Å²) >= 11 is 13.8. The fourth-order valence-corrected chi connectivity index (χ4v) is 8.38. The van der Waals surface area contributed by atoms with Crippen LogP contribution in [0.1, 0.15) is 47.9 Å². The summed E-state index contributed by atoms with van der Waals surface area (Å²) in [7, 11) is 0. The van der Waals surface area contributed by atoms with E-state index in [1.165, 1.54) is 12.1 Å².